The first kappa shape index (κ1) is 16.3. The molecule has 1 aromatic carbocycles. The number of carbonyl (C=O) groups is 1. The van der Waals surface area contributed by atoms with Crippen molar-refractivity contribution < 1.29 is 19.1 Å². The maximum Gasteiger partial charge on any atom is 0.277 e. The van der Waals surface area contributed by atoms with E-state index >= 15 is 0 Å². The van der Waals surface area contributed by atoms with Crippen molar-refractivity contribution in [3.8, 4) is 11.5 Å². The van der Waals surface area contributed by atoms with Crippen LogP contribution in [-0.4, -0.2) is 38.8 Å². The molecule has 0 heterocycles. The average molecular weight is 281 g/mol. The van der Waals surface area contributed by atoms with Crippen LogP contribution in [0.4, 0.5) is 0 Å². The maximum absolute atomic E-state index is 12.0. The minimum absolute atomic E-state index is 0.237. The molecule has 112 valence electrons. The van der Waals surface area contributed by atoms with Crippen LogP contribution in [0.25, 0.3) is 0 Å². The smallest absolute Gasteiger partial charge is 0.277 e. The third-order valence-electron chi connectivity index (χ3n) is 2.92. The van der Waals surface area contributed by atoms with Crippen LogP contribution in [0.15, 0.2) is 18.2 Å². The van der Waals surface area contributed by atoms with Gasteiger partial charge in [0.2, 0.25) is 0 Å². The molecule has 0 atom stereocenters. The molecule has 5 heteroatoms. The fourth-order valence-electron chi connectivity index (χ4n) is 1.59. The summed E-state index contributed by atoms with van der Waals surface area (Å²) in [7, 11) is 4.55. The van der Waals surface area contributed by atoms with E-state index in [9.17, 15) is 4.79 Å². The molecule has 1 amide bonds. The SMILES string of the molecule is COc1cc(C(=O)N(C)OC)ccc1OCCC(C)C. The Morgan fingerprint density at radius 2 is 1.95 bits per heavy atom. The number of benzene rings is 1. The van der Waals surface area contributed by atoms with Gasteiger partial charge in [0.25, 0.3) is 5.91 Å². The number of methoxy groups -OCH3 is 1. The van der Waals surface area contributed by atoms with Gasteiger partial charge in [0, 0.05) is 12.6 Å². The van der Waals surface area contributed by atoms with E-state index in [1.54, 1.807) is 32.4 Å². The molecular weight excluding hydrogens is 258 g/mol. The third-order valence-corrected chi connectivity index (χ3v) is 2.92. The van der Waals surface area contributed by atoms with Crippen LogP contribution in [0.1, 0.15) is 30.6 Å². The van der Waals surface area contributed by atoms with Gasteiger partial charge in [-0.15, -0.1) is 0 Å². The number of hydroxylamine groups is 2. The highest BCUT2D eigenvalue weighted by molar-refractivity contribution is 5.94. The molecule has 5 nitrogen and oxygen atoms in total. The molecule has 0 N–H and O–H groups in total. The van der Waals surface area contributed by atoms with Gasteiger partial charge in [-0.3, -0.25) is 9.63 Å². The number of rotatable bonds is 7. The fourth-order valence-corrected chi connectivity index (χ4v) is 1.59. The van der Waals surface area contributed by atoms with E-state index in [0.717, 1.165) is 11.5 Å². The quantitative estimate of drug-likeness (QED) is 0.721. The van der Waals surface area contributed by atoms with E-state index in [4.69, 9.17) is 14.3 Å². The van der Waals surface area contributed by atoms with Gasteiger partial charge in [0.05, 0.1) is 20.8 Å². The van der Waals surface area contributed by atoms with Gasteiger partial charge in [0.15, 0.2) is 11.5 Å². The minimum atomic E-state index is -0.237. The molecule has 0 saturated carbocycles. The van der Waals surface area contributed by atoms with Crippen molar-refractivity contribution in [3.05, 3.63) is 23.8 Å². The van der Waals surface area contributed by atoms with Gasteiger partial charge in [-0.1, -0.05) is 13.8 Å². The highest BCUT2D eigenvalue weighted by atomic mass is 16.7. The molecule has 0 aliphatic carbocycles. The molecule has 0 saturated heterocycles. The topological polar surface area (TPSA) is 48.0 Å². The molecule has 0 aliphatic heterocycles. The van der Waals surface area contributed by atoms with Crippen molar-refractivity contribution in [2.24, 2.45) is 5.92 Å². The number of amides is 1. The van der Waals surface area contributed by atoms with Crippen LogP contribution >= 0.6 is 0 Å². The Kier molecular flexibility index (Phi) is 6.31. The second-order valence-electron chi connectivity index (χ2n) is 4.88. The highest BCUT2D eigenvalue weighted by Crippen LogP contribution is 2.28. The molecule has 20 heavy (non-hydrogen) atoms. The summed E-state index contributed by atoms with van der Waals surface area (Å²) in [6, 6.07) is 5.10. The Morgan fingerprint density at radius 1 is 1.25 bits per heavy atom. The fraction of sp³-hybridized carbons (Fsp3) is 0.533. The standard InChI is InChI=1S/C15H23NO4/c1-11(2)8-9-20-13-7-6-12(10-14(13)18-4)15(17)16(3)19-5/h6-7,10-11H,8-9H2,1-5H3. The zero-order valence-corrected chi connectivity index (χ0v) is 12.8. The van der Waals surface area contributed by atoms with Crippen LogP contribution in [0.3, 0.4) is 0 Å². The average Bonchev–Trinajstić information content (AvgIpc) is 2.45. The molecule has 0 aromatic heterocycles. The first-order valence-corrected chi connectivity index (χ1v) is 6.62. The monoisotopic (exact) mass is 281 g/mol. The van der Waals surface area contributed by atoms with E-state index < -0.39 is 0 Å². The van der Waals surface area contributed by atoms with E-state index in [1.165, 1.54) is 7.11 Å². The normalized spacial score (nSPS) is 10.5. The summed E-state index contributed by atoms with van der Waals surface area (Å²) in [4.78, 5) is 16.8. The maximum atomic E-state index is 12.0. The third kappa shape index (κ3) is 4.42. The summed E-state index contributed by atoms with van der Waals surface area (Å²) in [5.74, 6) is 1.53. The van der Waals surface area contributed by atoms with Crippen LogP contribution in [-0.2, 0) is 4.84 Å². The Labute approximate surface area is 120 Å². The van der Waals surface area contributed by atoms with Crippen molar-refractivity contribution in [1.82, 2.24) is 5.06 Å². The summed E-state index contributed by atoms with van der Waals surface area (Å²) < 4.78 is 10.9. The van der Waals surface area contributed by atoms with Crippen molar-refractivity contribution in [3.63, 3.8) is 0 Å². The Hall–Kier alpha value is -1.75. The first-order valence-electron chi connectivity index (χ1n) is 6.62. The van der Waals surface area contributed by atoms with Crippen molar-refractivity contribution in [1.29, 1.82) is 0 Å². The molecule has 0 fully saturated rings. The Bertz CT molecular complexity index is 445. The number of nitrogens with zero attached hydrogens (tertiary/aromatic N) is 1. The number of hydrogen-bond acceptors (Lipinski definition) is 4. The Morgan fingerprint density at radius 3 is 2.50 bits per heavy atom. The molecule has 1 aromatic rings. The first-order chi connectivity index (χ1) is 9.49. The number of ether oxygens (including phenoxy) is 2. The van der Waals surface area contributed by atoms with Crippen LogP contribution < -0.4 is 9.47 Å². The summed E-state index contributed by atoms with van der Waals surface area (Å²) in [6.45, 7) is 4.91. The van der Waals surface area contributed by atoms with Gasteiger partial charge in [-0.05, 0) is 30.5 Å². The molecule has 1 rings (SSSR count). The molecule has 0 bridgehead atoms. The number of hydrogen-bond donors (Lipinski definition) is 0. The van der Waals surface area contributed by atoms with E-state index in [1.807, 2.05) is 0 Å². The van der Waals surface area contributed by atoms with Gasteiger partial charge >= 0.3 is 0 Å². The Balaban J connectivity index is 2.82. The van der Waals surface area contributed by atoms with Crippen LogP contribution in [0, 0.1) is 5.92 Å². The van der Waals surface area contributed by atoms with Crippen molar-refractivity contribution in [2.45, 2.75) is 20.3 Å². The van der Waals surface area contributed by atoms with Gasteiger partial charge < -0.3 is 9.47 Å². The number of carbonyl (C=O) groups excluding carboxylic acids is 1. The van der Waals surface area contributed by atoms with Crippen LogP contribution in [0.5, 0.6) is 11.5 Å². The lowest BCUT2D eigenvalue weighted by Crippen LogP contribution is -2.25. The van der Waals surface area contributed by atoms with Gasteiger partial charge in [-0.25, -0.2) is 5.06 Å². The minimum Gasteiger partial charge on any atom is -0.493 e. The van der Waals surface area contributed by atoms with Gasteiger partial charge in [-0.2, -0.15) is 0 Å². The molecule has 0 unspecified atom stereocenters. The molecule has 0 radical (unpaired) electrons. The van der Waals surface area contributed by atoms with Crippen molar-refractivity contribution in [2.75, 3.05) is 27.9 Å². The van der Waals surface area contributed by atoms with Gasteiger partial charge in [0.1, 0.15) is 0 Å². The summed E-state index contributed by atoms with van der Waals surface area (Å²) in [6.07, 6.45) is 0.969. The lowest BCUT2D eigenvalue weighted by atomic mass is 10.1. The zero-order valence-electron chi connectivity index (χ0n) is 12.8. The van der Waals surface area contributed by atoms with Crippen molar-refractivity contribution >= 4 is 5.91 Å². The predicted octanol–water partition coefficient (Wildman–Crippen LogP) is 2.75. The second kappa shape index (κ2) is 7.75. The zero-order chi connectivity index (χ0) is 15.1. The summed E-state index contributed by atoms with van der Waals surface area (Å²) >= 11 is 0. The van der Waals surface area contributed by atoms with E-state index in [-0.39, 0.29) is 5.91 Å². The highest BCUT2D eigenvalue weighted by Gasteiger charge is 2.14. The van der Waals surface area contributed by atoms with E-state index in [2.05, 4.69) is 13.8 Å². The lowest BCUT2D eigenvalue weighted by molar-refractivity contribution is -0.0757. The summed E-state index contributed by atoms with van der Waals surface area (Å²) in [5.41, 5.74) is 0.488. The molecule has 0 spiro atoms. The van der Waals surface area contributed by atoms with Crippen LogP contribution in [0.2, 0.25) is 0 Å². The predicted molar refractivity (Wildman–Crippen MR) is 77.0 cm³/mol. The van der Waals surface area contributed by atoms with E-state index in [0.29, 0.717) is 29.6 Å². The second-order valence-corrected chi connectivity index (χ2v) is 4.88. The summed E-state index contributed by atoms with van der Waals surface area (Å²) in [5, 5.41) is 1.16. The molecular formula is C15H23NO4. The lowest BCUT2D eigenvalue weighted by Gasteiger charge is -2.16. The molecule has 0 aliphatic rings. The largest absolute Gasteiger partial charge is 0.493 e.